The Hall–Kier alpha value is -1.37. The molecule has 0 aliphatic heterocycles. The number of hydrogen-bond acceptors (Lipinski definition) is 4. The lowest BCUT2D eigenvalue weighted by Gasteiger charge is -2.15. The Kier molecular flexibility index (Phi) is 6.00. The van der Waals surface area contributed by atoms with Crippen LogP contribution in [0.15, 0.2) is 24.3 Å². The predicted molar refractivity (Wildman–Crippen MR) is 77.8 cm³/mol. The molecule has 0 saturated heterocycles. The van der Waals surface area contributed by atoms with E-state index in [1.165, 1.54) is 0 Å². The Labute approximate surface area is 115 Å². The molecule has 1 rings (SSSR count). The number of rotatable bonds is 7. The maximum Gasteiger partial charge on any atom is 0.189 e. The van der Waals surface area contributed by atoms with E-state index in [0.29, 0.717) is 11.3 Å². The third-order valence-electron chi connectivity index (χ3n) is 2.56. The quantitative estimate of drug-likeness (QED) is 0.179. The second-order valence-electron chi connectivity index (χ2n) is 5.49. The smallest absolute Gasteiger partial charge is 0.189 e. The van der Waals surface area contributed by atoms with E-state index in [0.717, 1.165) is 12.7 Å². The molecule has 0 aromatic heterocycles. The molecule has 0 fully saturated rings. The van der Waals surface area contributed by atoms with Gasteiger partial charge in [0.2, 0.25) is 0 Å². The van der Waals surface area contributed by atoms with E-state index in [4.69, 9.17) is 20.1 Å². The highest BCUT2D eigenvalue weighted by atomic mass is 28.3. The number of hydrogen-bond donors (Lipinski definition) is 3. The van der Waals surface area contributed by atoms with E-state index >= 15 is 0 Å². The van der Waals surface area contributed by atoms with Crippen LogP contribution < -0.4 is 10.2 Å². The van der Waals surface area contributed by atoms with Crippen molar-refractivity contribution in [3.05, 3.63) is 29.8 Å². The fourth-order valence-electron chi connectivity index (χ4n) is 1.33. The first kappa shape index (κ1) is 15.7. The van der Waals surface area contributed by atoms with Gasteiger partial charge in [-0.2, -0.15) is 0 Å². The molecular weight excluding hydrogens is 260 g/mol. The zero-order chi connectivity index (χ0) is 14.3. The highest BCUT2D eigenvalue weighted by molar-refractivity contribution is 6.76. The molecule has 6 heteroatoms. The van der Waals surface area contributed by atoms with Gasteiger partial charge in [-0.1, -0.05) is 19.6 Å². The van der Waals surface area contributed by atoms with Crippen LogP contribution in [-0.4, -0.2) is 32.5 Å². The van der Waals surface area contributed by atoms with Gasteiger partial charge in [0.05, 0.1) is 0 Å². The second-order valence-corrected chi connectivity index (χ2v) is 11.1. The van der Waals surface area contributed by atoms with Crippen molar-refractivity contribution in [2.24, 2.45) is 0 Å². The van der Waals surface area contributed by atoms with Gasteiger partial charge in [-0.3, -0.25) is 16.1 Å². The molecule has 19 heavy (non-hydrogen) atoms. The second kappa shape index (κ2) is 7.27. The van der Waals surface area contributed by atoms with Crippen LogP contribution in [0, 0.1) is 5.41 Å². The van der Waals surface area contributed by atoms with Crippen molar-refractivity contribution >= 4 is 13.9 Å². The highest BCUT2D eigenvalue weighted by Crippen LogP contribution is 2.12. The van der Waals surface area contributed by atoms with Gasteiger partial charge in [0, 0.05) is 20.2 Å². The molecule has 1 aromatic rings. The molecule has 0 atom stereocenters. The number of benzene rings is 1. The van der Waals surface area contributed by atoms with Crippen molar-refractivity contribution < 1.29 is 14.7 Å². The average Bonchev–Trinajstić information content (AvgIpc) is 2.37. The van der Waals surface area contributed by atoms with Crippen LogP contribution in [0.1, 0.15) is 5.56 Å². The van der Waals surface area contributed by atoms with E-state index in [1.54, 1.807) is 29.7 Å². The summed E-state index contributed by atoms with van der Waals surface area (Å²) in [6, 6.07) is 7.99. The molecule has 5 nitrogen and oxygen atoms in total. The van der Waals surface area contributed by atoms with Crippen molar-refractivity contribution in [1.29, 1.82) is 5.41 Å². The lowest BCUT2D eigenvalue weighted by Crippen LogP contribution is -2.22. The topological polar surface area (TPSA) is 74.6 Å². The van der Waals surface area contributed by atoms with Gasteiger partial charge in [-0.25, -0.2) is 0 Å². The Bertz CT molecular complexity index is 401. The maximum atomic E-state index is 8.60. The Morgan fingerprint density at radius 2 is 1.89 bits per heavy atom. The van der Waals surface area contributed by atoms with Gasteiger partial charge >= 0.3 is 0 Å². The van der Waals surface area contributed by atoms with Crippen molar-refractivity contribution in [2.75, 3.05) is 13.4 Å². The predicted octanol–water partition coefficient (Wildman–Crippen LogP) is 2.68. The SMILES string of the molecule is C[Si](C)(C)CCOCOc1ccc(C(=N)NO)cc1. The summed E-state index contributed by atoms with van der Waals surface area (Å²) in [6.07, 6.45) is 0. The molecule has 1 aromatic carbocycles. The van der Waals surface area contributed by atoms with Gasteiger partial charge in [0.15, 0.2) is 6.79 Å². The summed E-state index contributed by atoms with van der Waals surface area (Å²) in [5.41, 5.74) is 2.39. The first-order valence-electron chi connectivity index (χ1n) is 6.22. The van der Waals surface area contributed by atoms with Crippen LogP contribution >= 0.6 is 0 Å². The lowest BCUT2D eigenvalue weighted by atomic mass is 10.2. The molecule has 0 saturated carbocycles. The Balaban J connectivity index is 2.29. The number of amidine groups is 1. The minimum atomic E-state index is -1.05. The normalized spacial score (nSPS) is 11.2. The summed E-state index contributed by atoms with van der Waals surface area (Å²) in [5.74, 6) is 0.639. The Morgan fingerprint density at radius 1 is 1.26 bits per heavy atom. The van der Waals surface area contributed by atoms with Crippen molar-refractivity contribution in [3.63, 3.8) is 0 Å². The van der Waals surface area contributed by atoms with Gasteiger partial charge in [0.25, 0.3) is 0 Å². The molecule has 3 N–H and O–H groups in total. The summed E-state index contributed by atoms with van der Waals surface area (Å²) >= 11 is 0. The first-order chi connectivity index (χ1) is 8.92. The summed E-state index contributed by atoms with van der Waals surface area (Å²) in [4.78, 5) is 0. The number of nitrogens with one attached hydrogen (secondary N) is 2. The monoisotopic (exact) mass is 282 g/mol. The summed E-state index contributed by atoms with van der Waals surface area (Å²) in [7, 11) is -1.05. The van der Waals surface area contributed by atoms with Crippen LogP contribution in [-0.2, 0) is 4.74 Å². The number of hydroxylamine groups is 1. The fourth-order valence-corrected chi connectivity index (χ4v) is 2.09. The molecule has 0 amide bonds. The molecule has 0 spiro atoms. The summed E-state index contributed by atoms with van der Waals surface area (Å²) in [5, 5.41) is 16.0. The van der Waals surface area contributed by atoms with Crippen LogP contribution in [0.5, 0.6) is 5.75 Å². The molecule has 0 aliphatic rings. The van der Waals surface area contributed by atoms with Gasteiger partial charge in [0.1, 0.15) is 11.6 Å². The molecule has 0 heterocycles. The zero-order valence-corrected chi connectivity index (χ0v) is 12.7. The first-order valence-corrected chi connectivity index (χ1v) is 9.93. The van der Waals surface area contributed by atoms with E-state index in [2.05, 4.69) is 19.6 Å². The minimum Gasteiger partial charge on any atom is -0.468 e. The van der Waals surface area contributed by atoms with E-state index in [1.807, 2.05) is 0 Å². The zero-order valence-electron chi connectivity index (χ0n) is 11.7. The average molecular weight is 282 g/mol. The highest BCUT2D eigenvalue weighted by Gasteiger charge is 2.11. The van der Waals surface area contributed by atoms with Crippen molar-refractivity contribution in [1.82, 2.24) is 5.48 Å². The van der Waals surface area contributed by atoms with Gasteiger partial charge in [-0.05, 0) is 30.3 Å². The van der Waals surface area contributed by atoms with E-state index in [-0.39, 0.29) is 12.6 Å². The standard InChI is InChI=1S/C13H22N2O3Si/c1-19(2,3)9-8-17-10-18-12-6-4-11(5-7-12)13(14)15-16/h4-7,16H,8-10H2,1-3H3,(H2,14,15). The third kappa shape index (κ3) is 6.37. The van der Waals surface area contributed by atoms with Gasteiger partial charge < -0.3 is 9.47 Å². The van der Waals surface area contributed by atoms with Gasteiger partial charge in [-0.15, -0.1) is 0 Å². The fraction of sp³-hybridized carbons (Fsp3) is 0.462. The summed E-state index contributed by atoms with van der Waals surface area (Å²) < 4.78 is 10.9. The van der Waals surface area contributed by atoms with E-state index < -0.39 is 8.07 Å². The molecule has 0 radical (unpaired) electrons. The van der Waals surface area contributed by atoms with Crippen LogP contribution in [0.2, 0.25) is 25.7 Å². The largest absolute Gasteiger partial charge is 0.468 e. The van der Waals surface area contributed by atoms with Crippen molar-refractivity contribution in [3.8, 4) is 5.75 Å². The van der Waals surface area contributed by atoms with Crippen LogP contribution in [0.25, 0.3) is 0 Å². The lowest BCUT2D eigenvalue weighted by molar-refractivity contribution is 0.0220. The third-order valence-corrected chi connectivity index (χ3v) is 4.26. The molecule has 0 aliphatic carbocycles. The minimum absolute atomic E-state index is 0.0436. The van der Waals surface area contributed by atoms with Crippen LogP contribution in [0.4, 0.5) is 0 Å². The Morgan fingerprint density at radius 3 is 2.42 bits per heavy atom. The molecule has 0 unspecified atom stereocenters. The van der Waals surface area contributed by atoms with Crippen LogP contribution in [0.3, 0.4) is 0 Å². The maximum absolute atomic E-state index is 8.60. The van der Waals surface area contributed by atoms with Crippen molar-refractivity contribution in [2.45, 2.75) is 25.7 Å². The molecule has 106 valence electrons. The van der Waals surface area contributed by atoms with E-state index in [9.17, 15) is 0 Å². The number of ether oxygens (including phenoxy) is 2. The molecule has 0 bridgehead atoms. The summed E-state index contributed by atoms with van der Waals surface area (Å²) in [6.45, 7) is 7.88. The molecular formula is C13H22N2O3Si.